The summed E-state index contributed by atoms with van der Waals surface area (Å²) in [4.78, 5) is 0. The molecule has 0 fully saturated rings. The molecule has 0 spiro atoms. The number of unbranched alkanes of at least 4 members (excludes halogenated alkanes) is 4. The molecule has 0 bridgehead atoms. The zero-order valence-electron chi connectivity index (χ0n) is 9.41. The quantitative estimate of drug-likeness (QED) is 0.631. The molecule has 0 saturated heterocycles. The van der Waals surface area contributed by atoms with Crippen molar-refractivity contribution in [3.63, 3.8) is 0 Å². The molecule has 1 rings (SSSR count). The zero-order chi connectivity index (χ0) is 10.9. The Hall–Kier alpha value is -0.760. The van der Waals surface area contributed by atoms with Crippen LogP contribution in [0.4, 0.5) is 0 Å². The topological polar surface area (TPSA) is 40.5 Å². The Labute approximate surface area is 92.3 Å². The van der Waals surface area contributed by atoms with Crippen LogP contribution in [0, 0.1) is 0 Å². The van der Waals surface area contributed by atoms with Crippen molar-refractivity contribution in [2.75, 3.05) is 6.61 Å². The lowest BCUT2D eigenvalue weighted by atomic mass is 9.98. The molecule has 2 nitrogen and oxygen atoms in total. The highest BCUT2D eigenvalue weighted by atomic mass is 16.3. The molecule has 0 heterocycles. The van der Waals surface area contributed by atoms with Gasteiger partial charge in [-0.3, -0.25) is 0 Å². The second-order valence-electron chi connectivity index (χ2n) is 4.22. The molecule has 0 aromatic heterocycles. The molecular formula is C13H22O2. The van der Waals surface area contributed by atoms with E-state index in [9.17, 15) is 5.11 Å². The molecule has 0 aromatic rings. The number of aliphatic hydroxyl groups is 2. The first-order valence-electron chi connectivity index (χ1n) is 6.01. The maximum Gasteiger partial charge on any atom is 0.0925 e. The van der Waals surface area contributed by atoms with E-state index in [1.54, 1.807) is 0 Å². The monoisotopic (exact) mass is 210 g/mol. The maximum atomic E-state index is 9.19. The van der Waals surface area contributed by atoms with Gasteiger partial charge in [0, 0.05) is 13.0 Å². The van der Waals surface area contributed by atoms with Crippen LogP contribution in [0.15, 0.2) is 23.5 Å². The highest BCUT2D eigenvalue weighted by Crippen LogP contribution is 2.21. The molecule has 0 amide bonds. The lowest BCUT2D eigenvalue weighted by Crippen LogP contribution is -1.93. The fourth-order valence-corrected chi connectivity index (χ4v) is 1.87. The van der Waals surface area contributed by atoms with Crippen LogP contribution in [-0.4, -0.2) is 16.8 Å². The fourth-order valence-electron chi connectivity index (χ4n) is 1.87. The van der Waals surface area contributed by atoms with Crippen molar-refractivity contribution in [3.05, 3.63) is 23.5 Å². The second-order valence-corrected chi connectivity index (χ2v) is 4.22. The third-order valence-corrected chi connectivity index (χ3v) is 2.87. The number of allylic oxidation sites excluding steroid dienone is 4. The maximum absolute atomic E-state index is 9.19. The first-order chi connectivity index (χ1) is 7.33. The molecule has 0 aliphatic heterocycles. The number of hydrogen-bond donors (Lipinski definition) is 2. The molecule has 1 aliphatic carbocycles. The van der Waals surface area contributed by atoms with Gasteiger partial charge in [-0.25, -0.2) is 0 Å². The number of aliphatic hydroxyl groups excluding tert-OH is 2. The van der Waals surface area contributed by atoms with Crippen molar-refractivity contribution < 1.29 is 10.2 Å². The van der Waals surface area contributed by atoms with E-state index < -0.39 is 0 Å². The molecular weight excluding hydrogens is 188 g/mol. The van der Waals surface area contributed by atoms with Gasteiger partial charge >= 0.3 is 0 Å². The van der Waals surface area contributed by atoms with Gasteiger partial charge in [-0.05, 0) is 31.8 Å². The number of hydrogen-bond acceptors (Lipinski definition) is 2. The van der Waals surface area contributed by atoms with Crippen LogP contribution in [-0.2, 0) is 0 Å². The van der Waals surface area contributed by atoms with Crippen LogP contribution in [0.3, 0.4) is 0 Å². The summed E-state index contributed by atoms with van der Waals surface area (Å²) in [6, 6.07) is 0. The SMILES string of the molecule is OCCCCCCCC1=CC=C(O)CC1. The predicted octanol–water partition coefficient (Wildman–Crippen LogP) is 3.48. The summed E-state index contributed by atoms with van der Waals surface area (Å²) < 4.78 is 0. The van der Waals surface area contributed by atoms with Crippen molar-refractivity contribution in [1.29, 1.82) is 0 Å². The Bertz CT molecular complexity index is 229. The van der Waals surface area contributed by atoms with Crippen LogP contribution in [0.2, 0.25) is 0 Å². The summed E-state index contributed by atoms with van der Waals surface area (Å²) in [5.74, 6) is 0.515. The van der Waals surface area contributed by atoms with E-state index in [2.05, 4.69) is 6.08 Å². The molecule has 86 valence electrons. The van der Waals surface area contributed by atoms with Crippen molar-refractivity contribution >= 4 is 0 Å². The summed E-state index contributed by atoms with van der Waals surface area (Å²) >= 11 is 0. The molecule has 0 radical (unpaired) electrons. The third kappa shape index (κ3) is 5.63. The lowest BCUT2D eigenvalue weighted by Gasteiger charge is -2.10. The van der Waals surface area contributed by atoms with Gasteiger partial charge in [-0.15, -0.1) is 0 Å². The third-order valence-electron chi connectivity index (χ3n) is 2.87. The fraction of sp³-hybridized carbons (Fsp3) is 0.692. The Morgan fingerprint density at radius 3 is 2.33 bits per heavy atom. The van der Waals surface area contributed by atoms with Gasteiger partial charge in [0.25, 0.3) is 0 Å². The van der Waals surface area contributed by atoms with Gasteiger partial charge in [0.2, 0.25) is 0 Å². The van der Waals surface area contributed by atoms with Crippen LogP contribution < -0.4 is 0 Å². The Kier molecular flexibility index (Phi) is 6.17. The minimum atomic E-state index is 0.329. The van der Waals surface area contributed by atoms with Crippen molar-refractivity contribution in [2.24, 2.45) is 0 Å². The largest absolute Gasteiger partial charge is 0.512 e. The molecule has 2 heteroatoms. The van der Waals surface area contributed by atoms with Crippen LogP contribution in [0.25, 0.3) is 0 Å². The minimum Gasteiger partial charge on any atom is -0.512 e. The Morgan fingerprint density at radius 2 is 1.67 bits per heavy atom. The average Bonchev–Trinajstić information content (AvgIpc) is 2.26. The highest BCUT2D eigenvalue weighted by Gasteiger charge is 2.04. The van der Waals surface area contributed by atoms with Gasteiger partial charge in [-0.1, -0.05) is 30.9 Å². The van der Waals surface area contributed by atoms with Gasteiger partial charge in [0.05, 0.1) is 5.76 Å². The van der Waals surface area contributed by atoms with Gasteiger partial charge in [-0.2, -0.15) is 0 Å². The van der Waals surface area contributed by atoms with Crippen molar-refractivity contribution in [1.82, 2.24) is 0 Å². The molecule has 15 heavy (non-hydrogen) atoms. The predicted molar refractivity (Wildman–Crippen MR) is 62.8 cm³/mol. The zero-order valence-corrected chi connectivity index (χ0v) is 9.41. The van der Waals surface area contributed by atoms with E-state index in [1.807, 2.05) is 6.08 Å². The number of rotatable bonds is 7. The summed E-state index contributed by atoms with van der Waals surface area (Å²) in [5.41, 5.74) is 1.47. The first-order valence-corrected chi connectivity index (χ1v) is 6.01. The van der Waals surface area contributed by atoms with Crippen molar-refractivity contribution in [2.45, 2.75) is 51.4 Å². The average molecular weight is 210 g/mol. The molecule has 2 N–H and O–H groups in total. The van der Waals surface area contributed by atoms with E-state index >= 15 is 0 Å². The van der Waals surface area contributed by atoms with Gasteiger partial charge < -0.3 is 10.2 Å². The highest BCUT2D eigenvalue weighted by molar-refractivity contribution is 5.20. The summed E-state index contributed by atoms with van der Waals surface area (Å²) in [6.07, 6.45) is 12.7. The summed E-state index contributed by atoms with van der Waals surface area (Å²) in [6.45, 7) is 0.329. The van der Waals surface area contributed by atoms with Gasteiger partial charge in [0.15, 0.2) is 0 Å². The van der Waals surface area contributed by atoms with Crippen LogP contribution in [0.5, 0.6) is 0 Å². The molecule has 0 atom stereocenters. The minimum absolute atomic E-state index is 0.329. The van der Waals surface area contributed by atoms with Crippen LogP contribution in [0.1, 0.15) is 51.4 Å². The first kappa shape index (κ1) is 12.3. The summed E-state index contributed by atoms with van der Waals surface area (Å²) in [5, 5.41) is 17.8. The van der Waals surface area contributed by atoms with Crippen molar-refractivity contribution in [3.8, 4) is 0 Å². The normalized spacial score (nSPS) is 16.1. The second kappa shape index (κ2) is 7.52. The molecule has 1 aliphatic rings. The Balaban J connectivity index is 2.01. The van der Waals surface area contributed by atoms with E-state index in [-0.39, 0.29) is 0 Å². The standard InChI is InChI=1S/C13H22O2/c14-11-5-3-1-2-4-6-12-7-9-13(15)10-8-12/h7,9,14-15H,1-6,8,10-11H2. The van der Waals surface area contributed by atoms with E-state index in [4.69, 9.17) is 5.11 Å². The Morgan fingerprint density at radius 1 is 0.933 bits per heavy atom. The smallest absolute Gasteiger partial charge is 0.0925 e. The molecule has 0 saturated carbocycles. The van der Waals surface area contributed by atoms with Crippen LogP contribution >= 0.6 is 0 Å². The molecule has 0 unspecified atom stereocenters. The summed E-state index contributed by atoms with van der Waals surface area (Å²) in [7, 11) is 0. The van der Waals surface area contributed by atoms with Gasteiger partial charge in [0.1, 0.15) is 0 Å². The molecule has 0 aromatic carbocycles. The van der Waals surface area contributed by atoms with E-state index in [0.717, 1.165) is 25.7 Å². The lowest BCUT2D eigenvalue weighted by molar-refractivity contribution is 0.282. The van der Waals surface area contributed by atoms with E-state index in [0.29, 0.717) is 12.4 Å². The van der Waals surface area contributed by atoms with E-state index in [1.165, 1.54) is 31.3 Å².